The third-order valence-corrected chi connectivity index (χ3v) is 7.88. The first-order chi connectivity index (χ1) is 21.1. The maximum atomic E-state index is 15.4. The first-order valence-electron chi connectivity index (χ1n) is 13.4. The molecule has 2 heterocycles. The van der Waals surface area contributed by atoms with E-state index in [-0.39, 0.29) is 31.9 Å². The first kappa shape index (κ1) is 35.4. The Balaban J connectivity index is 1.77. The Labute approximate surface area is 264 Å². The number of aliphatic hydroxyl groups is 8. The Hall–Kier alpha value is -3.43. The number of carbonyl (C=O) groups excluding carboxylic acids is 3. The van der Waals surface area contributed by atoms with Crippen molar-refractivity contribution in [3.8, 4) is 0 Å². The molecule has 4 rings (SSSR count). The van der Waals surface area contributed by atoms with Crippen LogP contribution in [0.25, 0.3) is 0 Å². The highest BCUT2D eigenvalue weighted by Crippen LogP contribution is 2.47. The molecule has 0 spiro atoms. The van der Waals surface area contributed by atoms with Crippen LogP contribution in [0.5, 0.6) is 0 Å². The second kappa shape index (κ2) is 11.7. The molecule has 2 aliphatic heterocycles. The third kappa shape index (κ3) is 5.29. The highest BCUT2D eigenvalue weighted by Gasteiger charge is 2.71. The van der Waals surface area contributed by atoms with Crippen molar-refractivity contribution < 1.29 is 64.4 Å². The predicted molar refractivity (Wildman–Crippen MR) is 153 cm³/mol. The van der Waals surface area contributed by atoms with Gasteiger partial charge in [0.2, 0.25) is 5.91 Å². The van der Waals surface area contributed by atoms with Crippen LogP contribution in [0.3, 0.4) is 0 Å². The molecule has 1 saturated heterocycles. The molecule has 0 bridgehead atoms. The number of nitrogens with zero attached hydrogens (tertiary/aromatic N) is 2. The van der Waals surface area contributed by atoms with E-state index in [1.165, 1.54) is 4.90 Å². The van der Waals surface area contributed by atoms with E-state index in [9.17, 15) is 55.2 Å². The lowest BCUT2D eigenvalue weighted by Crippen LogP contribution is -2.81. The van der Waals surface area contributed by atoms with Crippen LogP contribution in [-0.4, -0.2) is 143 Å². The quantitative estimate of drug-likeness (QED) is 0.0662. The minimum Gasteiger partial charge on any atom is -0.392 e. The van der Waals surface area contributed by atoms with Gasteiger partial charge in [-0.2, -0.15) is 0 Å². The van der Waals surface area contributed by atoms with Gasteiger partial charge in [-0.3, -0.25) is 19.3 Å². The highest BCUT2D eigenvalue weighted by atomic mass is 19.1. The van der Waals surface area contributed by atoms with Gasteiger partial charge in [-0.1, -0.05) is 18.2 Å². The van der Waals surface area contributed by atoms with Gasteiger partial charge in [0.15, 0.2) is 6.29 Å². The summed E-state index contributed by atoms with van der Waals surface area (Å²) in [4.78, 5) is 38.5. The number of morpholine rings is 1. The smallest absolute Gasteiger partial charge is 0.281 e. The van der Waals surface area contributed by atoms with Crippen LogP contribution in [0.1, 0.15) is 27.0 Å². The number of likely N-dealkylation sites (N-methyl/N-ethyl adjacent to an activating group) is 1. The number of hydrogen-bond donors (Lipinski definition) is 10. The summed E-state index contributed by atoms with van der Waals surface area (Å²) < 4.78 is 20.6. The van der Waals surface area contributed by atoms with Crippen molar-refractivity contribution in [2.75, 3.05) is 38.7 Å². The van der Waals surface area contributed by atoms with Crippen LogP contribution in [0.15, 0.2) is 36.4 Å². The van der Waals surface area contributed by atoms with Crippen molar-refractivity contribution in [2.45, 2.75) is 34.2 Å². The van der Waals surface area contributed by atoms with Gasteiger partial charge >= 0.3 is 0 Å². The Morgan fingerprint density at radius 2 is 1.65 bits per heavy atom. The summed E-state index contributed by atoms with van der Waals surface area (Å²) in [5, 5.41) is 86.9. The van der Waals surface area contributed by atoms with Crippen molar-refractivity contribution in [3.63, 3.8) is 0 Å². The summed E-state index contributed by atoms with van der Waals surface area (Å²) >= 11 is 0. The average Bonchev–Trinajstić information content (AvgIpc) is 3.21. The molecular weight excluding hydrogens is 612 g/mol. The van der Waals surface area contributed by atoms with Crippen LogP contribution in [0, 0.1) is 5.82 Å². The molecule has 1 fully saturated rings. The fraction of sp³-hybridized carbons (Fsp3) is 0.423. The van der Waals surface area contributed by atoms with Crippen molar-refractivity contribution >= 4 is 47.3 Å². The summed E-state index contributed by atoms with van der Waals surface area (Å²) in [6, 6.07) is 6.05. The fourth-order valence-corrected chi connectivity index (χ4v) is 5.35. The maximum absolute atomic E-state index is 15.4. The van der Waals surface area contributed by atoms with Gasteiger partial charge in [0.25, 0.3) is 29.3 Å². The Morgan fingerprint density at radius 1 is 1.04 bits per heavy atom. The van der Waals surface area contributed by atoms with E-state index >= 15 is 4.39 Å². The van der Waals surface area contributed by atoms with Gasteiger partial charge < -0.3 is 56.2 Å². The topological polar surface area (TPSA) is 253 Å². The summed E-state index contributed by atoms with van der Waals surface area (Å²) in [5.74, 6) is -19.8. The number of carbonyl (C=O) groups is 3. The van der Waals surface area contributed by atoms with Crippen LogP contribution >= 0.6 is 0 Å². The minimum absolute atomic E-state index is 0.124. The molecule has 6 radical (unpaired) electrons. The highest BCUT2D eigenvalue weighted by molar-refractivity contribution is 6.41. The van der Waals surface area contributed by atoms with Gasteiger partial charge in [0.05, 0.1) is 40.0 Å². The van der Waals surface area contributed by atoms with E-state index in [1.54, 1.807) is 5.32 Å². The van der Waals surface area contributed by atoms with Crippen LogP contribution < -0.4 is 10.6 Å². The van der Waals surface area contributed by atoms with Gasteiger partial charge in [-0.25, -0.2) is 9.29 Å². The Bertz CT molecular complexity index is 1550. The summed E-state index contributed by atoms with van der Waals surface area (Å²) in [6.07, 6.45) is -0.843. The Morgan fingerprint density at radius 3 is 2.20 bits per heavy atom. The first-order valence-corrected chi connectivity index (χ1v) is 13.4. The molecule has 16 nitrogen and oxygen atoms in total. The molecule has 0 aliphatic carbocycles. The third-order valence-electron chi connectivity index (χ3n) is 7.88. The zero-order valence-corrected chi connectivity index (χ0v) is 24.1. The van der Waals surface area contributed by atoms with E-state index in [0.29, 0.717) is 0 Å². The second-order valence-corrected chi connectivity index (χ2v) is 10.8. The van der Waals surface area contributed by atoms with E-state index in [0.717, 1.165) is 43.4 Å². The van der Waals surface area contributed by atoms with Crippen molar-refractivity contribution in [1.82, 2.24) is 15.1 Å². The minimum atomic E-state index is -4.50. The molecule has 20 heteroatoms. The van der Waals surface area contributed by atoms with Crippen LogP contribution in [0.2, 0.25) is 0 Å². The zero-order valence-electron chi connectivity index (χ0n) is 24.1. The zero-order chi connectivity index (χ0) is 34.7. The monoisotopic (exact) mass is 640 g/mol. The van der Waals surface area contributed by atoms with Gasteiger partial charge in [0.1, 0.15) is 19.1 Å². The molecule has 1 atom stereocenters. The summed E-state index contributed by atoms with van der Waals surface area (Å²) in [7, 11) is 19.0. The molecule has 10 N–H and O–H groups in total. The number of benzene rings is 2. The lowest BCUT2D eigenvalue weighted by Gasteiger charge is -2.51. The standard InChI is InChI=1S/C26H28B3FN4O12/c1-31-20(37)22(27,26(44,45)21(38,39)12-35)34-19(36)14-3-2-4-17(18(14)25(34,42)43)32-23(28,29)15-6-5-13(11-16(15)30)24(40,41)33-7-9-46-10-8-33/h2-6,11-12,32,38-45H,7-10H2,1H3,(H,31,37). The van der Waals surface area contributed by atoms with Crippen molar-refractivity contribution in [1.29, 1.82) is 0 Å². The predicted octanol–water partition coefficient (Wildman–Crippen LogP) is -5.47. The van der Waals surface area contributed by atoms with E-state index in [1.807, 2.05) is 0 Å². The number of amides is 2. The molecule has 2 aromatic rings. The molecule has 0 saturated carbocycles. The van der Waals surface area contributed by atoms with Crippen LogP contribution in [-0.2, 0) is 31.5 Å². The van der Waals surface area contributed by atoms with Crippen molar-refractivity contribution in [3.05, 3.63) is 64.5 Å². The van der Waals surface area contributed by atoms with Gasteiger partial charge in [0, 0.05) is 31.4 Å². The average molecular weight is 640 g/mol. The molecule has 1 unspecified atom stereocenters. The van der Waals surface area contributed by atoms with Gasteiger partial charge in [-0.05, 0) is 29.1 Å². The lowest BCUT2D eigenvalue weighted by atomic mass is 9.57. The molecular formula is C26H28B3FN4O12. The number of halogens is 1. The normalized spacial score (nSPS) is 18.9. The van der Waals surface area contributed by atoms with E-state index < -0.39 is 85.4 Å². The largest absolute Gasteiger partial charge is 0.392 e. The maximum Gasteiger partial charge on any atom is 0.281 e. The molecule has 46 heavy (non-hydrogen) atoms. The number of aldehydes is 1. The van der Waals surface area contributed by atoms with Gasteiger partial charge in [-0.15, -0.1) is 0 Å². The number of ether oxygens (including phenoxy) is 1. The SMILES string of the molecule is [B]C([B])(Nc1cccc2c1C(O)(O)N(C([B])(C(=O)NC)C(O)(O)C(O)(O)C=O)C2=O)c1ccc(C(O)(O)N2CCOCC2)cc1F. The Kier molecular flexibility index (Phi) is 8.99. The van der Waals surface area contributed by atoms with Crippen LogP contribution in [0.4, 0.5) is 10.1 Å². The number of fused-ring (bicyclic) bond motifs is 1. The molecule has 0 aromatic heterocycles. The molecule has 2 aliphatic rings. The lowest BCUT2D eigenvalue weighted by molar-refractivity contribution is -0.374. The number of rotatable bonds is 10. The fourth-order valence-electron chi connectivity index (χ4n) is 5.35. The number of hydrogen-bond acceptors (Lipinski definition) is 14. The second-order valence-electron chi connectivity index (χ2n) is 10.8. The van der Waals surface area contributed by atoms with E-state index in [4.69, 9.17) is 28.3 Å². The van der Waals surface area contributed by atoms with Crippen molar-refractivity contribution in [2.24, 2.45) is 0 Å². The molecule has 240 valence electrons. The number of nitrogens with one attached hydrogen (secondary N) is 2. The summed E-state index contributed by atoms with van der Waals surface area (Å²) in [5.41, 5.74) is -6.80. The summed E-state index contributed by atoms with van der Waals surface area (Å²) in [6.45, 7) is 0.646. The molecule has 2 aromatic carbocycles. The van der Waals surface area contributed by atoms with E-state index in [2.05, 4.69) is 5.32 Å². The molecule has 2 amide bonds. The number of anilines is 1.